The number of carbonyl (C=O) groups excluding carboxylic acids is 1. The number of hydrogen-bond donors (Lipinski definition) is 0. The molecule has 1 saturated heterocycles. The molecule has 3 heterocycles. The van der Waals surface area contributed by atoms with Gasteiger partial charge in [0.25, 0.3) is 0 Å². The van der Waals surface area contributed by atoms with E-state index in [1.165, 1.54) is 24.4 Å². The second kappa shape index (κ2) is 4.70. The second-order valence-electron chi connectivity index (χ2n) is 5.66. The van der Waals surface area contributed by atoms with E-state index >= 15 is 0 Å². The van der Waals surface area contributed by atoms with Crippen molar-refractivity contribution in [3.63, 3.8) is 0 Å². The average Bonchev–Trinajstić information content (AvgIpc) is 2.86. The Morgan fingerprint density at radius 2 is 2.30 bits per heavy atom. The number of likely N-dealkylation sites (tertiary alicyclic amines) is 1. The number of aromatic nitrogens is 3. The Labute approximate surface area is 121 Å². The summed E-state index contributed by atoms with van der Waals surface area (Å²) < 4.78 is 6.28. The molecule has 2 fully saturated rings. The van der Waals surface area contributed by atoms with Crippen molar-refractivity contribution in [2.24, 2.45) is 5.92 Å². The van der Waals surface area contributed by atoms with E-state index in [1.54, 1.807) is 0 Å². The van der Waals surface area contributed by atoms with Crippen LogP contribution < -0.4 is 0 Å². The summed E-state index contributed by atoms with van der Waals surface area (Å²) in [7, 11) is 0. The van der Waals surface area contributed by atoms with E-state index in [1.807, 2.05) is 24.0 Å². The van der Waals surface area contributed by atoms with E-state index < -0.39 is 0 Å². The van der Waals surface area contributed by atoms with Gasteiger partial charge < -0.3 is 9.47 Å². The third-order valence-electron chi connectivity index (χ3n) is 4.09. The maximum Gasteiger partial charge on any atom is 0.223 e. The van der Waals surface area contributed by atoms with Crippen LogP contribution in [0.25, 0.3) is 11.4 Å². The Balaban J connectivity index is 1.50. The molecule has 1 amide bonds. The minimum atomic E-state index is 0.330. The quantitative estimate of drug-likeness (QED) is 0.865. The van der Waals surface area contributed by atoms with Crippen molar-refractivity contribution in [2.45, 2.75) is 31.8 Å². The van der Waals surface area contributed by atoms with E-state index in [0.29, 0.717) is 24.3 Å². The number of amides is 1. The molecule has 1 unspecified atom stereocenters. The van der Waals surface area contributed by atoms with Crippen molar-refractivity contribution in [1.29, 1.82) is 0 Å². The van der Waals surface area contributed by atoms with Crippen LogP contribution in [0.2, 0.25) is 0 Å². The van der Waals surface area contributed by atoms with Gasteiger partial charge in [-0.2, -0.15) is 0 Å². The first-order valence-electron chi connectivity index (χ1n) is 7.01. The van der Waals surface area contributed by atoms with Crippen molar-refractivity contribution in [3.8, 4) is 11.4 Å². The number of hydrogen-bond acceptors (Lipinski definition) is 4. The van der Waals surface area contributed by atoms with Crippen LogP contribution in [0.1, 0.15) is 19.3 Å². The van der Waals surface area contributed by atoms with Crippen molar-refractivity contribution in [2.75, 3.05) is 6.54 Å². The van der Waals surface area contributed by atoms with Crippen molar-refractivity contribution < 1.29 is 4.79 Å². The van der Waals surface area contributed by atoms with Crippen molar-refractivity contribution >= 4 is 17.4 Å². The van der Waals surface area contributed by atoms with Gasteiger partial charge in [0.05, 0.1) is 6.20 Å². The van der Waals surface area contributed by atoms with E-state index in [0.717, 1.165) is 24.5 Å². The SMILES string of the molecule is O=C1CC(Cn2ccnc2-c2cnsc2)CN1C1CC1. The first-order chi connectivity index (χ1) is 9.81. The van der Waals surface area contributed by atoms with Gasteiger partial charge in [-0.25, -0.2) is 9.36 Å². The predicted molar refractivity (Wildman–Crippen MR) is 76.2 cm³/mol. The molecule has 5 nitrogen and oxygen atoms in total. The number of carbonyl (C=O) groups is 1. The summed E-state index contributed by atoms with van der Waals surface area (Å²) in [5, 5.41) is 2.01. The molecule has 0 N–H and O–H groups in total. The lowest BCUT2D eigenvalue weighted by Gasteiger charge is -2.16. The van der Waals surface area contributed by atoms with Crippen LogP contribution in [0.15, 0.2) is 24.0 Å². The minimum absolute atomic E-state index is 0.330. The molecule has 1 atom stereocenters. The third-order valence-corrected chi connectivity index (χ3v) is 4.67. The van der Waals surface area contributed by atoms with Gasteiger partial charge in [-0.05, 0) is 24.4 Å². The molecule has 1 saturated carbocycles. The Morgan fingerprint density at radius 3 is 3.05 bits per heavy atom. The normalized spacial score (nSPS) is 22.7. The highest BCUT2D eigenvalue weighted by atomic mass is 32.1. The highest BCUT2D eigenvalue weighted by Crippen LogP contribution is 2.33. The Hall–Kier alpha value is -1.69. The lowest BCUT2D eigenvalue weighted by Crippen LogP contribution is -2.27. The van der Waals surface area contributed by atoms with Crippen LogP contribution in [0.3, 0.4) is 0 Å². The molecule has 20 heavy (non-hydrogen) atoms. The zero-order valence-electron chi connectivity index (χ0n) is 11.1. The zero-order chi connectivity index (χ0) is 13.5. The van der Waals surface area contributed by atoms with Gasteiger partial charge in [0.1, 0.15) is 5.82 Å². The fourth-order valence-corrected chi connectivity index (χ4v) is 3.50. The van der Waals surface area contributed by atoms with Gasteiger partial charge in [0.15, 0.2) is 0 Å². The molecule has 0 radical (unpaired) electrons. The maximum atomic E-state index is 12.0. The molecule has 0 aromatic carbocycles. The van der Waals surface area contributed by atoms with Gasteiger partial charge in [-0.1, -0.05) is 0 Å². The molecular weight excluding hydrogens is 272 g/mol. The maximum absolute atomic E-state index is 12.0. The topological polar surface area (TPSA) is 51.0 Å². The van der Waals surface area contributed by atoms with Crippen LogP contribution in [0.4, 0.5) is 0 Å². The standard InChI is InChI=1S/C14H16N4OS/c19-13-5-10(8-18(13)12-1-2-12)7-17-4-3-15-14(17)11-6-16-20-9-11/h3-4,6,9-10,12H,1-2,5,7-8H2. The summed E-state index contributed by atoms with van der Waals surface area (Å²) in [4.78, 5) is 18.5. The average molecular weight is 288 g/mol. The van der Waals surface area contributed by atoms with E-state index in [-0.39, 0.29) is 0 Å². The smallest absolute Gasteiger partial charge is 0.223 e. The first kappa shape index (κ1) is 12.1. The molecule has 1 aliphatic heterocycles. The van der Waals surface area contributed by atoms with Crippen LogP contribution in [0, 0.1) is 5.92 Å². The lowest BCUT2D eigenvalue weighted by atomic mass is 10.1. The van der Waals surface area contributed by atoms with Gasteiger partial charge in [-0.3, -0.25) is 4.79 Å². The lowest BCUT2D eigenvalue weighted by molar-refractivity contribution is -0.128. The molecule has 0 bridgehead atoms. The summed E-state index contributed by atoms with van der Waals surface area (Å²) in [5.74, 6) is 1.69. The summed E-state index contributed by atoms with van der Waals surface area (Å²) >= 11 is 1.44. The largest absolute Gasteiger partial charge is 0.339 e. The van der Waals surface area contributed by atoms with Crippen LogP contribution in [-0.2, 0) is 11.3 Å². The fraction of sp³-hybridized carbons (Fsp3) is 0.500. The monoisotopic (exact) mass is 288 g/mol. The third kappa shape index (κ3) is 2.14. The highest BCUT2D eigenvalue weighted by molar-refractivity contribution is 7.03. The van der Waals surface area contributed by atoms with E-state index in [4.69, 9.17) is 0 Å². The van der Waals surface area contributed by atoms with Crippen LogP contribution >= 0.6 is 11.5 Å². The number of imidazole rings is 1. The molecule has 2 aliphatic rings. The Morgan fingerprint density at radius 1 is 1.40 bits per heavy atom. The summed E-state index contributed by atoms with van der Waals surface area (Å²) in [6.07, 6.45) is 8.72. The summed E-state index contributed by atoms with van der Waals surface area (Å²) in [5.41, 5.74) is 1.06. The Bertz CT molecular complexity index is 617. The molecular formula is C14H16N4OS. The fourth-order valence-electron chi connectivity index (χ4n) is 2.98. The first-order valence-corrected chi connectivity index (χ1v) is 7.85. The van der Waals surface area contributed by atoms with Crippen LogP contribution in [-0.4, -0.2) is 37.3 Å². The number of rotatable bonds is 4. The van der Waals surface area contributed by atoms with E-state index in [9.17, 15) is 4.79 Å². The number of nitrogens with zero attached hydrogens (tertiary/aromatic N) is 4. The second-order valence-corrected chi connectivity index (χ2v) is 6.32. The van der Waals surface area contributed by atoms with Gasteiger partial charge >= 0.3 is 0 Å². The van der Waals surface area contributed by atoms with Gasteiger partial charge in [0.2, 0.25) is 5.91 Å². The molecule has 0 spiro atoms. The predicted octanol–water partition coefficient (Wildman–Crippen LogP) is 2.02. The molecule has 6 heteroatoms. The summed E-state index contributed by atoms with van der Waals surface area (Å²) in [6.45, 7) is 1.77. The highest BCUT2D eigenvalue weighted by Gasteiger charge is 2.39. The van der Waals surface area contributed by atoms with Gasteiger partial charge in [-0.15, -0.1) is 0 Å². The van der Waals surface area contributed by atoms with Gasteiger partial charge in [0, 0.05) is 54.8 Å². The molecule has 104 valence electrons. The molecule has 4 rings (SSSR count). The van der Waals surface area contributed by atoms with Crippen LogP contribution in [0.5, 0.6) is 0 Å². The zero-order valence-corrected chi connectivity index (χ0v) is 11.9. The molecule has 2 aromatic heterocycles. The van der Waals surface area contributed by atoms with Crippen molar-refractivity contribution in [1.82, 2.24) is 18.8 Å². The minimum Gasteiger partial charge on any atom is -0.339 e. The summed E-state index contributed by atoms with van der Waals surface area (Å²) in [6, 6.07) is 0.538. The van der Waals surface area contributed by atoms with Crippen molar-refractivity contribution in [3.05, 3.63) is 24.0 Å². The van der Waals surface area contributed by atoms with E-state index in [2.05, 4.69) is 18.8 Å². The Kier molecular flexibility index (Phi) is 2.84. The molecule has 2 aromatic rings. The molecule has 1 aliphatic carbocycles.